The molecule has 6 heteroatoms. The van der Waals surface area contributed by atoms with Crippen molar-refractivity contribution in [2.75, 3.05) is 6.61 Å². The molecule has 0 spiro atoms. The fraction of sp³-hybridized carbons (Fsp3) is 0.125. The average molecular weight is 296 g/mol. The topological polar surface area (TPSA) is 55.2 Å². The molecule has 0 radical (unpaired) electrons. The molecule has 22 heavy (non-hydrogen) atoms. The molecule has 0 amide bonds. The summed E-state index contributed by atoms with van der Waals surface area (Å²) >= 11 is 0. The number of hydrogen-bond donors (Lipinski definition) is 1. The van der Waals surface area contributed by atoms with Gasteiger partial charge in [0.1, 0.15) is 5.75 Å². The number of H-pyrrole nitrogens is 1. The molecule has 0 aliphatic rings. The van der Waals surface area contributed by atoms with Gasteiger partial charge in [-0.3, -0.25) is 0 Å². The van der Waals surface area contributed by atoms with Crippen LogP contribution in [0.5, 0.6) is 5.75 Å². The molecule has 0 atom stereocenters. The minimum absolute atomic E-state index is 0.499. The Balaban J connectivity index is 2.05. The van der Waals surface area contributed by atoms with E-state index < -0.39 is 5.95 Å². The summed E-state index contributed by atoms with van der Waals surface area (Å²) in [6.07, 6.45) is 5.21. The molecule has 0 aliphatic heterocycles. The third kappa shape index (κ3) is 1.92. The van der Waals surface area contributed by atoms with Crippen molar-refractivity contribution >= 4 is 16.6 Å². The number of pyridine rings is 2. The van der Waals surface area contributed by atoms with Crippen LogP contribution in [0, 0.1) is 5.95 Å². The standard InChI is InChI=1S/C16H13FN4O/c1-2-22-11-7-13(10-3-4-14(17)19-8-10)15-12-5-6-18-16(12)20-21(15)9-11/h3-9H,2H2,1H3,(H,18,20). The van der Waals surface area contributed by atoms with E-state index in [-0.39, 0.29) is 0 Å². The first-order valence-electron chi connectivity index (χ1n) is 7.00. The summed E-state index contributed by atoms with van der Waals surface area (Å²) in [6, 6.07) is 6.96. The van der Waals surface area contributed by atoms with Crippen LogP contribution in [0.4, 0.5) is 4.39 Å². The van der Waals surface area contributed by atoms with Crippen molar-refractivity contribution < 1.29 is 9.13 Å². The molecule has 110 valence electrons. The number of aromatic nitrogens is 4. The van der Waals surface area contributed by atoms with E-state index in [1.165, 1.54) is 12.3 Å². The van der Waals surface area contributed by atoms with E-state index in [9.17, 15) is 4.39 Å². The second-order valence-electron chi connectivity index (χ2n) is 4.93. The van der Waals surface area contributed by atoms with Crippen molar-refractivity contribution in [1.29, 1.82) is 0 Å². The highest BCUT2D eigenvalue weighted by atomic mass is 19.1. The second kappa shape index (κ2) is 4.84. The first-order valence-corrected chi connectivity index (χ1v) is 7.00. The molecule has 4 rings (SSSR count). The molecule has 1 N–H and O–H groups in total. The van der Waals surface area contributed by atoms with Crippen LogP contribution in [0.1, 0.15) is 6.92 Å². The van der Waals surface area contributed by atoms with Gasteiger partial charge in [-0.2, -0.15) is 4.39 Å². The predicted molar refractivity (Wildman–Crippen MR) is 81.4 cm³/mol. The van der Waals surface area contributed by atoms with Crippen LogP contribution in [-0.4, -0.2) is 26.2 Å². The number of nitrogens with zero attached hydrogens (tertiary/aromatic N) is 3. The van der Waals surface area contributed by atoms with Gasteiger partial charge in [0.05, 0.1) is 18.3 Å². The lowest BCUT2D eigenvalue weighted by Crippen LogP contribution is -1.97. The van der Waals surface area contributed by atoms with Crippen molar-refractivity contribution in [3.05, 3.63) is 48.8 Å². The van der Waals surface area contributed by atoms with E-state index in [1.807, 2.05) is 31.5 Å². The zero-order valence-corrected chi connectivity index (χ0v) is 11.9. The largest absolute Gasteiger partial charge is 0.492 e. The van der Waals surface area contributed by atoms with E-state index in [4.69, 9.17) is 4.74 Å². The van der Waals surface area contributed by atoms with Crippen LogP contribution < -0.4 is 4.74 Å². The zero-order valence-electron chi connectivity index (χ0n) is 11.9. The fourth-order valence-corrected chi connectivity index (χ4v) is 2.65. The van der Waals surface area contributed by atoms with Crippen LogP contribution in [0.15, 0.2) is 42.9 Å². The van der Waals surface area contributed by atoms with Gasteiger partial charge in [-0.15, -0.1) is 5.10 Å². The monoisotopic (exact) mass is 296 g/mol. The summed E-state index contributed by atoms with van der Waals surface area (Å²) in [5, 5.41) is 5.51. The molecular weight excluding hydrogens is 283 g/mol. The average Bonchev–Trinajstić information content (AvgIpc) is 3.08. The van der Waals surface area contributed by atoms with E-state index in [1.54, 1.807) is 10.6 Å². The molecule has 0 fully saturated rings. The van der Waals surface area contributed by atoms with E-state index in [0.29, 0.717) is 12.4 Å². The van der Waals surface area contributed by atoms with Crippen LogP contribution >= 0.6 is 0 Å². The first-order chi connectivity index (χ1) is 10.8. The summed E-state index contributed by atoms with van der Waals surface area (Å²) in [5.74, 6) is 0.209. The summed E-state index contributed by atoms with van der Waals surface area (Å²) in [7, 11) is 0. The molecule has 0 saturated heterocycles. The lowest BCUT2D eigenvalue weighted by atomic mass is 10.1. The van der Waals surface area contributed by atoms with E-state index in [2.05, 4.69) is 15.1 Å². The van der Waals surface area contributed by atoms with Gasteiger partial charge in [-0.25, -0.2) is 9.50 Å². The highest BCUT2D eigenvalue weighted by Gasteiger charge is 2.14. The van der Waals surface area contributed by atoms with Crippen molar-refractivity contribution in [2.45, 2.75) is 6.92 Å². The predicted octanol–water partition coefficient (Wildman–Crippen LogP) is 3.42. The molecule has 4 heterocycles. The van der Waals surface area contributed by atoms with Crippen molar-refractivity contribution in [3.63, 3.8) is 0 Å². The number of fused-ring (bicyclic) bond motifs is 3. The number of aromatic amines is 1. The van der Waals surface area contributed by atoms with Crippen molar-refractivity contribution in [2.24, 2.45) is 0 Å². The third-order valence-electron chi connectivity index (χ3n) is 3.56. The summed E-state index contributed by atoms with van der Waals surface area (Å²) in [4.78, 5) is 6.84. The fourth-order valence-electron chi connectivity index (χ4n) is 2.65. The Morgan fingerprint density at radius 1 is 1.32 bits per heavy atom. The molecular formula is C16H13FN4O. The van der Waals surface area contributed by atoms with E-state index >= 15 is 0 Å². The van der Waals surface area contributed by atoms with Crippen LogP contribution in [-0.2, 0) is 0 Å². The highest BCUT2D eigenvalue weighted by Crippen LogP contribution is 2.32. The summed E-state index contributed by atoms with van der Waals surface area (Å²) in [6.45, 7) is 2.49. The minimum atomic E-state index is -0.499. The molecule has 4 aromatic rings. The number of ether oxygens (including phenoxy) is 1. The molecule has 0 aromatic carbocycles. The van der Waals surface area contributed by atoms with Gasteiger partial charge < -0.3 is 9.72 Å². The van der Waals surface area contributed by atoms with Crippen molar-refractivity contribution in [1.82, 2.24) is 19.6 Å². The molecule has 0 unspecified atom stereocenters. The number of nitrogens with one attached hydrogen (secondary N) is 1. The second-order valence-corrected chi connectivity index (χ2v) is 4.93. The first kappa shape index (κ1) is 12.8. The van der Waals surface area contributed by atoms with Gasteiger partial charge in [0.2, 0.25) is 5.95 Å². The van der Waals surface area contributed by atoms with Crippen LogP contribution in [0.3, 0.4) is 0 Å². The molecule has 0 bridgehead atoms. The van der Waals surface area contributed by atoms with Crippen LogP contribution in [0.2, 0.25) is 0 Å². The maximum atomic E-state index is 13.1. The Morgan fingerprint density at radius 2 is 2.23 bits per heavy atom. The smallest absolute Gasteiger partial charge is 0.212 e. The number of halogens is 1. The maximum Gasteiger partial charge on any atom is 0.212 e. The molecule has 4 aromatic heterocycles. The van der Waals surface area contributed by atoms with Gasteiger partial charge in [0, 0.05) is 28.9 Å². The molecule has 0 saturated carbocycles. The normalized spacial score (nSPS) is 11.4. The Labute approximate surface area is 125 Å². The van der Waals surface area contributed by atoms with Gasteiger partial charge >= 0.3 is 0 Å². The lowest BCUT2D eigenvalue weighted by molar-refractivity contribution is 0.338. The van der Waals surface area contributed by atoms with Crippen molar-refractivity contribution in [3.8, 4) is 16.9 Å². The van der Waals surface area contributed by atoms with Gasteiger partial charge in [0.15, 0.2) is 5.65 Å². The van der Waals surface area contributed by atoms with Gasteiger partial charge in [0.25, 0.3) is 0 Å². The quantitative estimate of drug-likeness (QED) is 0.589. The summed E-state index contributed by atoms with van der Waals surface area (Å²) in [5.41, 5.74) is 3.45. The van der Waals surface area contributed by atoms with Gasteiger partial charge in [-0.05, 0) is 31.2 Å². The molecule has 5 nitrogen and oxygen atoms in total. The minimum Gasteiger partial charge on any atom is -0.492 e. The van der Waals surface area contributed by atoms with E-state index in [0.717, 1.165) is 27.7 Å². The van der Waals surface area contributed by atoms with Crippen LogP contribution in [0.25, 0.3) is 27.7 Å². The lowest BCUT2D eigenvalue weighted by Gasteiger charge is -2.09. The third-order valence-corrected chi connectivity index (χ3v) is 3.56. The maximum absolute atomic E-state index is 13.1. The Hall–Kier alpha value is -2.89. The number of rotatable bonds is 3. The highest BCUT2D eigenvalue weighted by molar-refractivity contribution is 6.01. The Morgan fingerprint density at radius 3 is 3.00 bits per heavy atom. The number of hydrogen-bond acceptors (Lipinski definition) is 3. The zero-order chi connectivity index (χ0) is 15.1. The molecule has 0 aliphatic carbocycles. The Bertz CT molecular complexity index is 956. The van der Waals surface area contributed by atoms with Gasteiger partial charge in [-0.1, -0.05) is 0 Å². The SMILES string of the molecule is CCOc1cc(-c2ccc(F)nc2)c2c3cc[nH]c3nn2c1. The summed E-state index contributed by atoms with van der Waals surface area (Å²) < 4.78 is 20.5. The Kier molecular flexibility index (Phi) is 2.82.